The lowest BCUT2D eigenvalue weighted by molar-refractivity contribution is -0.143. The highest BCUT2D eigenvalue weighted by Gasteiger charge is 2.36. The second kappa shape index (κ2) is 9.43. The first-order valence-electron chi connectivity index (χ1n) is 9.28. The van der Waals surface area contributed by atoms with Crippen molar-refractivity contribution in [2.75, 3.05) is 27.3 Å². The molecule has 2 atom stereocenters. The number of carbonyl (C=O) groups is 3. The number of hydrogen-bond donors (Lipinski definition) is 2. The van der Waals surface area contributed by atoms with Gasteiger partial charge in [-0.15, -0.1) is 0 Å². The molecule has 0 aliphatic carbocycles. The molecule has 154 valence electrons. The maximum atomic E-state index is 12.4. The SMILES string of the molecule is COc1ccc(CCN2CC(C(=O)N[C@H](C(=O)O)C(C)C)CC2=O)cc1OC. The first-order valence-corrected chi connectivity index (χ1v) is 9.28. The molecule has 8 heteroatoms. The maximum Gasteiger partial charge on any atom is 0.326 e. The van der Waals surface area contributed by atoms with Gasteiger partial charge in [-0.3, -0.25) is 9.59 Å². The zero-order chi connectivity index (χ0) is 20.8. The highest BCUT2D eigenvalue weighted by Crippen LogP contribution is 2.28. The predicted molar refractivity (Wildman–Crippen MR) is 102 cm³/mol. The lowest BCUT2D eigenvalue weighted by Crippen LogP contribution is -2.47. The van der Waals surface area contributed by atoms with Gasteiger partial charge in [0.15, 0.2) is 11.5 Å². The summed E-state index contributed by atoms with van der Waals surface area (Å²) < 4.78 is 10.5. The van der Waals surface area contributed by atoms with Gasteiger partial charge in [-0.2, -0.15) is 0 Å². The standard InChI is InChI=1S/C20H28N2O6/c1-12(2)18(20(25)26)21-19(24)14-10-17(23)22(11-14)8-7-13-5-6-15(27-3)16(9-13)28-4/h5-6,9,12,14,18H,7-8,10-11H2,1-4H3,(H,21,24)(H,25,26)/t14?,18-/m0/s1. The third kappa shape index (κ3) is 5.15. The molecular formula is C20H28N2O6. The highest BCUT2D eigenvalue weighted by molar-refractivity contribution is 5.91. The van der Waals surface area contributed by atoms with E-state index >= 15 is 0 Å². The second-order valence-electron chi connectivity index (χ2n) is 7.25. The van der Waals surface area contributed by atoms with Crippen molar-refractivity contribution in [3.8, 4) is 11.5 Å². The van der Waals surface area contributed by atoms with E-state index in [-0.39, 0.29) is 24.2 Å². The molecule has 28 heavy (non-hydrogen) atoms. The van der Waals surface area contributed by atoms with Gasteiger partial charge in [-0.05, 0) is 30.0 Å². The minimum Gasteiger partial charge on any atom is -0.493 e. The van der Waals surface area contributed by atoms with Crippen molar-refractivity contribution < 1.29 is 29.0 Å². The molecule has 8 nitrogen and oxygen atoms in total. The predicted octanol–water partition coefficient (Wildman–Crippen LogP) is 1.32. The Morgan fingerprint density at radius 1 is 1.25 bits per heavy atom. The van der Waals surface area contributed by atoms with Crippen LogP contribution in [0.5, 0.6) is 11.5 Å². The van der Waals surface area contributed by atoms with Crippen molar-refractivity contribution in [2.45, 2.75) is 32.7 Å². The van der Waals surface area contributed by atoms with E-state index in [1.54, 1.807) is 33.0 Å². The summed E-state index contributed by atoms with van der Waals surface area (Å²) in [6.45, 7) is 4.23. The summed E-state index contributed by atoms with van der Waals surface area (Å²) in [4.78, 5) is 37.6. The van der Waals surface area contributed by atoms with Crippen LogP contribution in [0.2, 0.25) is 0 Å². The van der Waals surface area contributed by atoms with Crippen LogP contribution in [-0.2, 0) is 20.8 Å². The highest BCUT2D eigenvalue weighted by atomic mass is 16.5. The molecule has 1 heterocycles. The molecule has 1 fully saturated rings. The molecule has 2 rings (SSSR count). The first-order chi connectivity index (χ1) is 13.3. The molecule has 0 spiro atoms. The zero-order valence-electron chi connectivity index (χ0n) is 16.7. The van der Waals surface area contributed by atoms with E-state index in [0.29, 0.717) is 31.0 Å². The molecule has 0 bridgehead atoms. The van der Waals surface area contributed by atoms with E-state index in [1.807, 2.05) is 18.2 Å². The summed E-state index contributed by atoms with van der Waals surface area (Å²) in [6.07, 6.45) is 0.715. The van der Waals surface area contributed by atoms with Crippen LogP contribution in [0.4, 0.5) is 0 Å². The number of carboxylic acids is 1. The number of amides is 2. The van der Waals surface area contributed by atoms with Gasteiger partial charge in [0.25, 0.3) is 0 Å². The Kier molecular flexibility index (Phi) is 7.25. The van der Waals surface area contributed by atoms with Crippen LogP contribution in [0.3, 0.4) is 0 Å². The number of rotatable bonds is 9. The van der Waals surface area contributed by atoms with Crippen LogP contribution in [-0.4, -0.2) is 61.1 Å². The van der Waals surface area contributed by atoms with Crippen LogP contribution >= 0.6 is 0 Å². The Morgan fingerprint density at radius 3 is 2.50 bits per heavy atom. The summed E-state index contributed by atoms with van der Waals surface area (Å²) >= 11 is 0. The van der Waals surface area contributed by atoms with Crippen LogP contribution in [0, 0.1) is 11.8 Å². The molecular weight excluding hydrogens is 364 g/mol. The quantitative estimate of drug-likeness (QED) is 0.657. The molecule has 2 amide bonds. The number of ether oxygens (including phenoxy) is 2. The molecule has 0 aromatic heterocycles. The van der Waals surface area contributed by atoms with Gasteiger partial charge in [0.05, 0.1) is 20.1 Å². The van der Waals surface area contributed by atoms with Crippen LogP contribution < -0.4 is 14.8 Å². The number of carboxylic acid groups (broad SMARTS) is 1. The molecule has 2 N–H and O–H groups in total. The number of aliphatic carboxylic acids is 1. The van der Waals surface area contributed by atoms with Crippen LogP contribution in [0.1, 0.15) is 25.8 Å². The number of nitrogens with one attached hydrogen (secondary N) is 1. The Balaban J connectivity index is 1.94. The molecule has 1 aliphatic rings. The smallest absolute Gasteiger partial charge is 0.326 e. The van der Waals surface area contributed by atoms with Crippen LogP contribution in [0.25, 0.3) is 0 Å². The number of likely N-dealkylation sites (tertiary alicyclic amines) is 1. The van der Waals surface area contributed by atoms with E-state index < -0.39 is 17.9 Å². The monoisotopic (exact) mass is 392 g/mol. The average molecular weight is 392 g/mol. The van der Waals surface area contributed by atoms with E-state index in [2.05, 4.69) is 5.32 Å². The normalized spacial score (nSPS) is 17.5. The Morgan fingerprint density at radius 2 is 1.93 bits per heavy atom. The number of hydrogen-bond acceptors (Lipinski definition) is 5. The van der Waals surface area contributed by atoms with E-state index in [0.717, 1.165) is 5.56 Å². The van der Waals surface area contributed by atoms with Gasteiger partial charge in [0, 0.05) is 19.5 Å². The van der Waals surface area contributed by atoms with Crippen molar-refractivity contribution in [3.63, 3.8) is 0 Å². The van der Waals surface area contributed by atoms with E-state index in [1.165, 1.54) is 0 Å². The third-order valence-electron chi connectivity index (χ3n) is 4.93. The van der Waals surface area contributed by atoms with Gasteiger partial charge in [0.1, 0.15) is 6.04 Å². The van der Waals surface area contributed by atoms with Gasteiger partial charge in [0.2, 0.25) is 11.8 Å². The van der Waals surface area contributed by atoms with Gasteiger partial charge in [-0.25, -0.2) is 4.79 Å². The van der Waals surface area contributed by atoms with E-state index in [4.69, 9.17) is 9.47 Å². The van der Waals surface area contributed by atoms with Gasteiger partial charge < -0.3 is 24.8 Å². The number of nitrogens with zero attached hydrogens (tertiary/aromatic N) is 1. The summed E-state index contributed by atoms with van der Waals surface area (Å²) in [5.74, 6) is -1.06. The van der Waals surface area contributed by atoms with Crippen molar-refractivity contribution in [1.29, 1.82) is 0 Å². The third-order valence-corrected chi connectivity index (χ3v) is 4.93. The minimum absolute atomic E-state index is 0.0994. The van der Waals surface area contributed by atoms with Crippen molar-refractivity contribution >= 4 is 17.8 Å². The molecule has 1 aromatic rings. The molecule has 1 unspecified atom stereocenters. The minimum atomic E-state index is -1.07. The fraction of sp³-hybridized carbons (Fsp3) is 0.550. The largest absolute Gasteiger partial charge is 0.493 e. The topological polar surface area (TPSA) is 105 Å². The Bertz CT molecular complexity index is 733. The molecule has 1 aliphatic heterocycles. The first kappa shape index (κ1) is 21.5. The molecule has 1 saturated heterocycles. The summed E-state index contributed by atoms with van der Waals surface area (Å²) in [7, 11) is 3.14. The van der Waals surface area contributed by atoms with Gasteiger partial charge in [-0.1, -0.05) is 19.9 Å². The summed E-state index contributed by atoms with van der Waals surface area (Å²) in [6, 6.07) is 4.63. The maximum absolute atomic E-state index is 12.4. The van der Waals surface area contributed by atoms with E-state index in [9.17, 15) is 19.5 Å². The van der Waals surface area contributed by atoms with Crippen molar-refractivity contribution in [3.05, 3.63) is 23.8 Å². The number of carbonyl (C=O) groups excluding carboxylic acids is 2. The Labute approximate surface area is 164 Å². The zero-order valence-corrected chi connectivity index (χ0v) is 16.7. The van der Waals surface area contributed by atoms with Crippen molar-refractivity contribution in [2.24, 2.45) is 11.8 Å². The lowest BCUT2D eigenvalue weighted by atomic mass is 10.0. The van der Waals surface area contributed by atoms with Crippen LogP contribution in [0.15, 0.2) is 18.2 Å². The lowest BCUT2D eigenvalue weighted by Gasteiger charge is -2.20. The number of methoxy groups -OCH3 is 2. The fourth-order valence-corrected chi connectivity index (χ4v) is 3.25. The Hall–Kier alpha value is -2.77. The number of benzene rings is 1. The second-order valence-corrected chi connectivity index (χ2v) is 7.25. The fourth-order valence-electron chi connectivity index (χ4n) is 3.25. The molecule has 0 radical (unpaired) electrons. The average Bonchev–Trinajstić information content (AvgIpc) is 3.04. The van der Waals surface area contributed by atoms with Crippen molar-refractivity contribution in [1.82, 2.24) is 10.2 Å². The summed E-state index contributed by atoms with van der Waals surface area (Å²) in [5.41, 5.74) is 0.990. The summed E-state index contributed by atoms with van der Waals surface area (Å²) in [5, 5.41) is 11.8. The van der Waals surface area contributed by atoms with Gasteiger partial charge >= 0.3 is 5.97 Å². The molecule has 0 saturated carbocycles. The molecule has 1 aromatic carbocycles.